The van der Waals surface area contributed by atoms with Gasteiger partial charge in [-0.15, -0.1) is 0 Å². The van der Waals surface area contributed by atoms with Crippen LogP contribution in [0.25, 0.3) is 0 Å². The van der Waals surface area contributed by atoms with Crippen LogP contribution in [0.15, 0.2) is 18.2 Å². The molecule has 2 nitrogen and oxygen atoms in total. The standard InChI is InChI=1S/C10H10Cl2N2S/c11-8-4-3-7(5-9(8)12)14-10(15)13-6-1-2-6/h3-6H,1-2H2,(H2,13,14,15). The van der Waals surface area contributed by atoms with Gasteiger partial charge in [0.25, 0.3) is 0 Å². The van der Waals surface area contributed by atoms with Crippen molar-refractivity contribution in [3.8, 4) is 0 Å². The molecule has 1 aliphatic carbocycles. The fourth-order valence-electron chi connectivity index (χ4n) is 1.15. The summed E-state index contributed by atoms with van der Waals surface area (Å²) in [5.74, 6) is 0. The molecule has 1 aliphatic rings. The molecule has 0 aromatic heterocycles. The first-order valence-corrected chi connectivity index (χ1v) is 5.84. The van der Waals surface area contributed by atoms with E-state index in [4.69, 9.17) is 35.4 Å². The van der Waals surface area contributed by atoms with Gasteiger partial charge in [-0.1, -0.05) is 23.2 Å². The molecule has 15 heavy (non-hydrogen) atoms. The van der Waals surface area contributed by atoms with Crippen LogP contribution in [0.3, 0.4) is 0 Å². The summed E-state index contributed by atoms with van der Waals surface area (Å²) in [6.07, 6.45) is 2.40. The van der Waals surface area contributed by atoms with Gasteiger partial charge in [0.1, 0.15) is 0 Å². The number of anilines is 1. The minimum absolute atomic E-state index is 0.524. The van der Waals surface area contributed by atoms with Crippen LogP contribution in [0.4, 0.5) is 5.69 Å². The normalized spacial score (nSPS) is 14.8. The van der Waals surface area contributed by atoms with Crippen molar-refractivity contribution in [2.45, 2.75) is 18.9 Å². The van der Waals surface area contributed by atoms with Crippen molar-refractivity contribution in [3.05, 3.63) is 28.2 Å². The second-order valence-electron chi connectivity index (χ2n) is 3.50. The van der Waals surface area contributed by atoms with Crippen LogP contribution in [-0.4, -0.2) is 11.2 Å². The summed E-state index contributed by atoms with van der Waals surface area (Å²) in [6.45, 7) is 0. The number of hydrogen-bond acceptors (Lipinski definition) is 1. The first-order chi connectivity index (χ1) is 7.15. The molecule has 0 atom stereocenters. The van der Waals surface area contributed by atoms with Gasteiger partial charge in [0.2, 0.25) is 0 Å². The lowest BCUT2D eigenvalue weighted by Crippen LogP contribution is -2.30. The largest absolute Gasteiger partial charge is 0.360 e. The van der Waals surface area contributed by atoms with Crippen LogP contribution in [-0.2, 0) is 0 Å². The molecule has 0 spiro atoms. The maximum absolute atomic E-state index is 5.88. The van der Waals surface area contributed by atoms with E-state index in [2.05, 4.69) is 10.6 Å². The van der Waals surface area contributed by atoms with Crippen molar-refractivity contribution in [1.82, 2.24) is 5.32 Å². The van der Waals surface area contributed by atoms with E-state index >= 15 is 0 Å². The Kier molecular flexibility index (Phi) is 3.34. The Hall–Kier alpha value is -0.510. The topological polar surface area (TPSA) is 24.1 Å². The second kappa shape index (κ2) is 4.56. The van der Waals surface area contributed by atoms with Gasteiger partial charge in [0.05, 0.1) is 10.0 Å². The number of nitrogens with one attached hydrogen (secondary N) is 2. The van der Waals surface area contributed by atoms with E-state index in [0.717, 1.165) is 5.69 Å². The van der Waals surface area contributed by atoms with Gasteiger partial charge < -0.3 is 10.6 Å². The molecule has 0 saturated heterocycles. The predicted octanol–water partition coefficient (Wildman–Crippen LogP) is 3.44. The monoisotopic (exact) mass is 260 g/mol. The van der Waals surface area contributed by atoms with Crippen molar-refractivity contribution in [3.63, 3.8) is 0 Å². The maximum Gasteiger partial charge on any atom is 0.170 e. The molecule has 5 heteroatoms. The highest BCUT2D eigenvalue weighted by Crippen LogP contribution is 2.25. The van der Waals surface area contributed by atoms with Crippen molar-refractivity contribution >= 4 is 46.2 Å². The summed E-state index contributed by atoms with van der Waals surface area (Å²) >= 11 is 16.8. The van der Waals surface area contributed by atoms with Gasteiger partial charge >= 0.3 is 0 Å². The fraction of sp³-hybridized carbons (Fsp3) is 0.300. The average molecular weight is 261 g/mol. The lowest BCUT2D eigenvalue weighted by Gasteiger charge is -2.09. The molecule has 0 amide bonds. The highest BCUT2D eigenvalue weighted by atomic mass is 35.5. The summed E-state index contributed by atoms with van der Waals surface area (Å²) in [6, 6.07) is 5.89. The molecule has 0 unspecified atom stereocenters. The van der Waals surface area contributed by atoms with E-state index in [1.165, 1.54) is 12.8 Å². The molecular weight excluding hydrogens is 251 g/mol. The van der Waals surface area contributed by atoms with E-state index in [1.807, 2.05) is 6.07 Å². The molecule has 1 fully saturated rings. The Morgan fingerprint density at radius 3 is 2.60 bits per heavy atom. The number of rotatable bonds is 2. The molecule has 0 radical (unpaired) electrons. The van der Waals surface area contributed by atoms with Gasteiger partial charge in [-0.25, -0.2) is 0 Å². The van der Waals surface area contributed by atoms with Crippen molar-refractivity contribution in [2.24, 2.45) is 0 Å². The molecular formula is C10H10Cl2N2S. The first-order valence-electron chi connectivity index (χ1n) is 4.68. The van der Waals surface area contributed by atoms with Crippen LogP contribution in [0.1, 0.15) is 12.8 Å². The Morgan fingerprint density at radius 1 is 1.27 bits per heavy atom. The minimum Gasteiger partial charge on any atom is -0.360 e. The van der Waals surface area contributed by atoms with E-state index in [9.17, 15) is 0 Å². The zero-order valence-corrected chi connectivity index (χ0v) is 10.2. The fourth-order valence-corrected chi connectivity index (χ4v) is 1.74. The smallest absolute Gasteiger partial charge is 0.170 e. The quantitative estimate of drug-likeness (QED) is 0.797. The Labute approximate surface area is 104 Å². The predicted molar refractivity (Wildman–Crippen MR) is 68.8 cm³/mol. The zero-order valence-electron chi connectivity index (χ0n) is 7.89. The third kappa shape index (κ3) is 3.23. The second-order valence-corrected chi connectivity index (χ2v) is 4.72. The van der Waals surface area contributed by atoms with Gasteiger partial charge in [0, 0.05) is 11.7 Å². The van der Waals surface area contributed by atoms with Crippen LogP contribution in [0.5, 0.6) is 0 Å². The molecule has 1 aromatic rings. The third-order valence-corrected chi connectivity index (χ3v) is 3.05. The lowest BCUT2D eigenvalue weighted by atomic mass is 10.3. The number of halogens is 2. The Morgan fingerprint density at radius 2 is 2.00 bits per heavy atom. The van der Waals surface area contributed by atoms with Crippen LogP contribution in [0.2, 0.25) is 10.0 Å². The van der Waals surface area contributed by atoms with Crippen LogP contribution in [0, 0.1) is 0 Å². The lowest BCUT2D eigenvalue weighted by molar-refractivity contribution is 0.919. The summed E-state index contributed by atoms with van der Waals surface area (Å²) < 4.78 is 0. The summed E-state index contributed by atoms with van der Waals surface area (Å²) in [7, 11) is 0. The highest BCUT2D eigenvalue weighted by Gasteiger charge is 2.21. The number of benzene rings is 1. The van der Waals surface area contributed by atoms with Gasteiger partial charge in [0.15, 0.2) is 5.11 Å². The van der Waals surface area contributed by atoms with Crippen molar-refractivity contribution in [1.29, 1.82) is 0 Å². The summed E-state index contributed by atoms with van der Waals surface area (Å²) in [4.78, 5) is 0. The van der Waals surface area contributed by atoms with E-state index in [0.29, 0.717) is 21.2 Å². The minimum atomic E-state index is 0.524. The first kappa shape index (κ1) is 11.0. The summed E-state index contributed by atoms with van der Waals surface area (Å²) in [5, 5.41) is 7.94. The van der Waals surface area contributed by atoms with E-state index < -0.39 is 0 Å². The van der Waals surface area contributed by atoms with Crippen molar-refractivity contribution < 1.29 is 0 Å². The molecule has 2 rings (SSSR count). The van der Waals surface area contributed by atoms with E-state index in [-0.39, 0.29) is 0 Å². The average Bonchev–Trinajstić information content (AvgIpc) is 2.95. The van der Waals surface area contributed by atoms with Crippen LogP contribution < -0.4 is 10.6 Å². The van der Waals surface area contributed by atoms with E-state index in [1.54, 1.807) is 12.1 Å². The molecule has 0 heterocycles. The molecule has 1 aromatic carbocycles. The SMILES string of the molecule is S=C(Nc1ccc(Cl)c(Cl)c1)NC1CC1. The van der Waals surface area contributed by atoms with Gasteiger partial charge in [-0.2, -0.15) is 0 Å². The molecule has 0 bridgehead atoms. The molecule has 2 N–H and O–H groups in total. The Balaban J connectivity index is 1.97. The van der Waals surface area contributed by atoms with Gasteiger partial charge in [-0.3, -0.25) is 0 Å². The third-order valence-electron chi connectivity index (χ3n) is 2.09. The number of hydrogen-bond donors (Lipinski definition) is 2. The van der Waals surface area contributed by atoms with Gasteiger partial charge in [-0.05, 0) is 43.3 Å². The molecule has 1 saturated carbocycles. The highest BCUT2D eigenvalue weighted by molar-refractivity contribution is 7.80. The zero-order chi connectivity index (χ0) is 10.8. The molecule has 80 valence electrons. The summed E-state index contributed by atoms with van der Waals surface area (Å²) in [5.41, 5.74) is 0.850. The molecule has 0 aliphatic heterocycles. The Bertz CT molecular complexity index is 391. The van der Waals surface area contributed by atoms with Crippen LogP contribution >= 0.6 is 35.4 Å². The maximum atomic E-state index is 5.88. The van der Waals surface area contributed by atoms with Crippen molar-refractivity contribution in [2.75, 3.05) is 5.32 Å². The number of thiocarbonyl (C=S) groups is 1.